The van der Waals surface area contributed by atoms with Crippen molar-refractivity contribution in [1.29, 1.82) is 5.26 Å². The number of carbonyl (C=O) groups is 1. The van der Waals surface area contributed by atoms with Crippen LogP contribution in [-0.2, 0) is 11.0 Å². The van der Waals surface area contributed by atoms with Gasteiger partial charge in [-0.3, -0.25) is 0 Å². The van der Waals surface area contributed by atoms with Gasteiger partial charge in [0.2, 0.25) is 0 Å². The van der Waals surface area contributed by atoms with Crippen LogP contribution in [0.5, 0.6) is 0 Å². The van der Waals surface area contributed by atoms with E-state index in [1.54, 1.807) is 4.90 Å². The average molecular weight is 495 g/mol. The lowest BCUT2D eigenvalue weighted by Crippen LogP contribution is -2.60. The number of hydrogen-bond donors (Lipinski definition) is 0. The highest BCUT2D eigenvalue weighted by molar-refractivity contribution is 7.80. The van der Waals surface area contributed by atoms with Crippen LogP contribution in [0, 0.1) is 11.3 Å². The van der Waals surface area contributed by atoms with E-state index in [0.717, 1.165) is 29.9 Å². The summed E-state index contributed by atoms with van der Waals surface area (Å²) < 4.78 is 40.5. The van der Waals surface area contributed by atoms with Gasteiger partial charge in [-0.15, -0.1) is 0 Å². The van der Waals surface area contributed by atoms with Gasteiger partial charge < -0.3 is 14.6 Å². The van der Waals surface area contributed by atoms with Crippen LogP contribution in [0.4, 0.5) is 24.5 Å². The summed E-state index contributed by atoms with van der Waals surface area (Å²) in [5.74, 6) is 0. The Kier molecular flexibility index (Phi) is 6.59. The first-order chi connectivity index (χ1) is 16.7. The first-order valence-corrected chi connectivity index (χ1v) is 11.3. The number of alkyl halides is 3. The third kappa shape index (κ3) is 4.62. The van der Waals surface area contributed by atoms with Crippen molar-refractivity contribution in [3.8, 4) is 17.2 Å². The van der Waals surface area contributed by atoms with Gasteiger partial charge in [0, 0.05) is 12.7 Å². The lowest BCUT2D eigenvalue weighted by atomic mass is 9.76. The van der Waals surface area contributed by atoms with E-state index in [1.807, 2.05) is 54.6 Å². The molecule has 1 heterocycles. The van der Waals surface area contributed by atoms with Crippen LogP contribution in [0.15, 0.2) is 66.9 Å². The van der Waals surface area contributed by atoms with Gasteiger partial charge in [0.25, 0.3) is 0 Å². The van der Waals surface area contributed by atoms with Crippen molar-refractivity contribution >= 4 is 35.0 Å². The first kappa shape index (κ1) is 24.4. The molecule has 1 aliphatic carbocycles. The van der Waals surface area contributed by atoms with E-state index >= 15 is 0 Å². The highest BCUT2D eigenvalue weighted by atomic mass is 32.1. The molecular weight excluding hydrogens is 473 g/mol. The zero-order valence-electron chi connectivity index (χ0n) is 18.8. The number of aldehydes is 1. The monoisotopic (exact) mass is 494 g/mol. The summed E-state index contributed by atoms with van der Waals surface area (Å²) in [5, 5.41) is 9.20. The Morgan fingerprint density at radius 1 is 1.09 bits per heavy atom. The van der Waals surface area contributed by atoms with Crippen molar-refractivity contribution in [2.75, 3.05) is 16.8 Å². The maximum Gasteiger partial charge on any atom is 0.419 e. The summed E-state index contributed by atoms with van der Waals surface area (Å²) in [4.78, 5) is 19.0. The van der Waals surface area contributed by atoms with Gasteiger partial charge in [-0.2, -0.15) is 18.4 Å². The molecule has 0 radical (unpaired) electrons. The second-order valence-electron chi connectivity index (χ2n) is 8.36. The second-order valence-corrected chi connectivity index (χ2v) is 8.73. The molecule has 4 rings (SSSR count). The maximum absolute atomic E-state index is 13.5. The molecule has 5 nitrogen and oxygen atoms in total. The fourth-order valence-electron chi connectivity index (χ4n) is 4.13. The zero-order valence-corrected chi connectivity index (χ0v) is 19.6. The van der Waals surface area contributed by atoms with E-state index in [4.69, 9.17) is 17.5 Å². The summed E-state index contributed by atoms with van der Waals surface area (Å²) in [6.07, 6.45) is -0.735. The quantitative estimate of drug-likeness (QED) is 0.321. The van der Waals surface area contributed by atoms with Gasteiger partial charge in [0.15, 0.2) is 10.8 Å². The molecule has 0 N–H and O–H groups in total. The normalized spacial score (nSPS) is 14.4. The molecular formula is C26H21F3N4OS. The minimum atomic E-state index is -4.75. The second kappa shape index (κ2) is 9.47. The number of pyridine rings is 1. The third-order valence-corrected chi connectivity index (χ3v) is 6.72. The summed E-state index contributed by atoms with van der Waals surface area (Å²) >= 11 is 5.72. The average Bonchev–Trinajstić information content (AvgIpc) is 2.85. The van der Waals surface area contributed by atoms with Crippen LogP contribution in [0.3, 0.4) is 0 Å². The van der Waals surface area contributed by atoms with E-state index < -0.39 is 23.0 Å². The Bertz CT molecular complexity index is 1280. The number of nitriles is 1. The molecule has 1 aliphatic rings. The van der Waals surface area contributed by atoms with E-state index in [9.17, 15) is 18.0 Å². The van der Waals surface area contributed by atoms with Gasteiger partial charge in [-0.25, -0.2) is 4.98 Å². The SMILES string of the molecule is CN(C(=S)N(c1ccc(-c2ccccc2)cc1)C1(C=O)CCC1)c1cnc(C#N)c(C(F)(F)F)c1. The van der Waals surface area contributed by atoms with Crippen LogP contribution < -0.4 is 9.80 Å². The number of aromatic nitrogens is 1. The molecule has 0 aliphatic heterocycles. The van der Waals surface area contributed by atoms with Crippen molar-refractivity contribution in [3.63, 3.8) is 0 Å². The molecule has 0 amide bonds. The Hall–Kier alpha value is -3.77. The van der Waals surface area contributed by atoms with Crippen molar-refractivity contribution in [2.45, 2.75) is 31.0 Å². The van der Waals surface area contributed by atoms with E-state index in [2.05, 4.69) is 4.98 Å². The number of benzene rings is 2. The number of thiocarbonyl (C=S) groups is 1. The first-order valence-electron chi connectivity index (χ1n) is 10.9. The zero-order chi connectivity index (χ0) is 25.2. The molecule has 3 aromatic rings. The number of nitrogens with zero attached hydrogens (tertiary/aromatic N) is 4. The largest absolute Gasteiger partial charge is 0.419 e. The molecule has 0 bridgehead atoms. The number of anilines is 2. The standard InChI is InChI=1S/C26H21F3N4OS/c1-32(21-14-22(26(27,28)29)23(15-30)31-16-21)24(35)33(25(17-34)12-5-13-25)20-10-8-19(9-11-20)18-6-3-2-4-7-18/h2-4,6-11,14,16-17H,5,12-13H2,1H3. The number of halogens is 3. The maximum atomic E-state index is 13.5. The summed E-state index contributed by atoms with van der Waals surface area (Å²) in [7, 11) is 1.52. The Morgan fingerprint density at radius 2 is 1.71 bits per heavy atom. The third-order valence-electron chi connectivity index (χ3n) is 6.27. The fraction of sp³-hybridized carbons (Fsp3) is 0.231. The van der Waals surface area contributed by atoms with Gasteiger partial charge in [-0.05, 0) is 60.8 Å². The summed E-state index contributed by atoms with van der Waals surface area (Å²) in [6, 6.07) is 19.7. The number of carbonyl (C=O) groups excluding carboxylic acids is 1. The fourth-order valence-corrected chi connectivity index (χ4v) is 4.52. The lowest BCUT2D eigenvalue weighted by molar-refractivity contribution is -0.138. The van der Waals surface area contributed by atoms with Gasteiger partial charge >= 0.3 is 6.18 Å². The van der Waals surface area contributed by atoms with Crippen LogP contribution in [0.1, 0.15) is 30.5 Å². The Morgan fingerprint density at radius 3 is 2.23 bits per heavy atom. The smallest absolute Gasteiger partial charge is 0.320 e. The van der Waals surface area contributed by atoms with Crippen molar-refractivity contribution in [3.05, 3.63) is 78.1 Å². The molecule has 1 aromatic heterocycles. The minimum Gasteiger partial charge on any atom is -0.320 e. The van der Waals surface area contributed by atoms with Crippen LogP contribution in [0.25, 0.3) is 11.1 Å². The predicted molar refractivity (Wildman–Crippen MR) is 132 cm³/mol. The van der Waals surface area contributed by atoms with Gasteiger partial charge in [0.1, 0.15) is 17.9 Å². The van der Waals surface area contributed by atoms with Crippen LogP contribution in [-0.4, -0.2) is 29.0 Å². The van der Waals surface area contributed by atoms with Crippen molar-refractivity contribution in [1.82, 2.24) is 4.98 Å². The summed E-state index contributed by atoms with van der Waals surface area (Å²) in [5.41, 5.74) is -0.00158. The van der Waals surface area contributed by atoms with Crippen molar-refractivity contribution in [2.24, 2.45) is 0 Å². The molecule has 0 spiro atoms. The molecule has 2 aromatic carbocycles. The molecule has 0 saturated heterocycles. The topological polar surface area (TPSA) is 60.2 Å². The van der Waals surface area contributed by atoms with Gasteiger partial charge in [0.05, 0.1) is 17.4 Å². The number of hydrogen-bond acceptors (Lipinski definition) is 4. The van der Waals surface area contributed by atoms with E-state index in [-0.39, 0.29) is 10.8 Å². The van der Waals surface area contributed by atoms with E-state index in [0.29, 0.717) is 18.5 Å². The van der Waals surface area contributed by atoms with Gasteiger partial charge in [-0.1, -0.05) is 42.5 Å². The van der Waals surface area contributed by atoms with Crippen LogP contribution in [0.2, 0.25) is 0 Å². The molecule has 9 heteroatoms. The highest BCUT2D eigenvalue weighted by Crippen LogP contribution is 2.41. The predicted octanol–water partition coefficient (Wildman–Crippen LogP) is 5.99. The number of rotatable bonds is 5. The summed E-state index contributed by atoms with van der Waals surface area (Å²) in [6.45, 7) is 0. The molecule has 1 fully saturated rings. The molecule has 0 unspecified atom stereocenters. The minimum absolute atomic E-state index is 0.0626. The van der Waals surface area contributed by atoms with Crippen LogP contribution >= 0.6 is 12.2 Å². The molecule has 35 heavy (non-hydrogen) atoms. The Balaban J connectivity index is 1.72. The molecule has 0 atom stereocenters. The molecule has 1 saturated carbocycles. The highest BCUT2D eigenvalue weighted by Gasteiger charge is 2.45. The molecule has 178 valence electrons. The van der Waals surface area contributed by atoms with Crippen molar-refractivity contribution < 1.29 is 18.0 Å². The lowest BCUT2D eigenvalue weighted by Gasteiger charge is -2.48. The Labute approximate surface area is 206 Å². The van der Waals surface area contributed by atoms with E-state index in [1.165, 1.54) is 24.2 Å².